The lowest BCUT2D eigenvalue weighted by molar-refractivity contribution is 0.258. The van der Waals surface area contributed by atoms with Crippen LogP contribution in [0.25, 0.3) is 0 Å². The first kappa shape index (κ1) is 16.2. The molecule has 0 amide bonds. The maximum atomic E-state index is 4.48. The van der Waals surface area contributed by atoms with Gasteiger partial charge in [-0.25, -0.2) is 0 Å². The van der Waals surface area contributed by atoms with E-state index in [1.165, 1.54) is 43.7 Å². The van der Waals surface area contributed by atoms with Gasteiger partial charge in [-0.3, -0.25) is 9.88 Å². The molecule has 2 heterocycles. The second-order valence-corrected chi connectivity index (χ2v) is 5.96. The molecule has 2 rings (SSSR count). The number of rotatable bonds is 7. The number of piperazine rings is 1. The van der Waals surface area contributed by atoms with E-state index >= 15 is 0 Å². The average Bonchev–Trinajstić information content (AvgIpc) is 2.50. The van der Waals surface area contributed by atoms with E-state index in [1.807, 2.05) is 6.20 Å². The molecule has 21 heavy (non-hydrogen) atoms. The Morgan fingerprint density at radius 2 is 1.90 bits per heavy atom. The Morgan fingerprint density at radius 1 is 1.14 bits per heavy atom. The fraction of sp³-hybridized carbons (Fsp3) is 0.706. The Morgan fingerprint density at radius 3 is 2.57 bits per heavy atom. The Hall–Kier alpha value is -1.13. The maximum absolute atomic E-state index is 4.48. The zero-order valence-electron chi connectivity index (χ0n) is 13.9. The summed E-state index contributed by atoms with van der Waals surface area (Å²) in [6.07, 6.45) is 4.47. The van der Waals surface area contributed by atoms with Crippen molar-refractivity contribution in [2.45, 2.75) is 40.2 Å². The minimum absolute atomic E-state index is 0.922. The summed E-state index contributed by atoms with van der Waals surface area (Å²) in [5.74, 6) is 0. The van der Waals surface area contributed by atoms with Crippen LogP contribution >= 0.6 is 0 Å². The van der Waals surface area contributed by atoms with Crippen LogP contribution in [0.5, 0.6) is 0 Å². The van der Waals surface area contributed by atoms with Crippen LogP contribution in [-0.4, -0.2) is 49.2 Å². The molecular weight excluding hydrogens is 260 g/mol. The molecule has 1 N–H and O–H groups in total. The van der Waals surface area contributed by atoms with E-state index in [0.717, 1.165) is 31.9 Å². The van der Waals surface area contributed by atoms with Gasteiger partial charge in [-0.2, -0.15) is 0 Å². The molecule has 1 fully saturated rings. The Labute approximate surface area is 129 Å². The zero-order chi connectivity index (χ0) is 15.1. The number of pyridine rings is 1. The first-order valence-electron chi connectivity index (χ1n) is 8.38. The van der Waals surface area contributed by atoms with Crippen LogP contribution in [0.15, 0.2) is 12.3 Å². The van der Waals surface area contributed by atoms with Crippen LogP contribution in [-0.2, 0) is 6.54 Å². The normalized spacial score (nSPS) is 16.4. The fourth-order valence-corrected chi connectivity index (χ4v) is 2.93. The highest BCUT2D eigenvalue weighted by atomic mass is 15.3. The molecule has 118 valence electrons. The second kappa shape index (κ2) is 8.35. The summed E-state index contributed by atoms with van der Waals surface area (Å²) in [6, 6.07) is 2.25. The molecule has 0 spiro atoms. The summed E-state index contributed by atoms with van der Waals surface area (Å²) in [5.41, 5.74) is 3.82. The van der Waals surface area contributed by atoms with Gasteiger partial charge in [-0.15, -0.1) is 0 Å². The number of aromatic nitrogens is 1. The Bertz CT molecular complexity index is 425. The molecule has 4 heteroatoms. The topological polar surface area (TPSA) is 31.4 Å². The Balaban J connectivity index is 2.02. The van der Waals surface area contributed by atoms with Crippen molar-refractivity contribution >= 4 is 5.69 Å². The summed E-state index contributed by atoms with van der Waals surface area (Å²) in [6.45, 7) is 14.4. The molecule has 1 aromatic heterocycles. The van der Waals surface area contributed by atoms with Crippen molar-refractivity contribution in [3.8, 4) is 0 Å². The number of anilines is 1. The van der Waals surface area contributed by atoms with E-state index in [1.54, 1.807) is 0 Å². The summed E-state index contributed by atoms with van der Waals surface area (Å²) in [7, 11) is 0. The number of aryl methyl sites for hydroxylation is 1. The third kappa shape index (κ3) is 4.68. The predicted molar refractivity (Wildman–Crippen MR) is 89.9 cm³/mol. The minimum Gasteiger partial charge on any atom is -0.369 e. The molecule has 0 bridgehead atoms. The van der Waals surface area contributed by atoms with Gasteiger partial charge in [0.2, 0.25) is 0 Å². The minimum atomic E-state index is 0.922. The van der Waals surface area contributed by atoms with E-state index in [-0.39, 0.29) is 0 Å². The predicted octanol–water partition coefficient (Wildman–Crippen LogP) is 2.42. The molecule has 0 radical (unpaired) electrons. The third-order valence-corrected chi connectivity index (χ3v) is 4.09. The third-order valence-electron chi connectivity index (χ3n) is 4.09. The van der Waals surface area contributed by atoms with Gasteiger partial charge in [0, 0.05) is 55.9 Å². The summed E-state index contributed by atoms with van der Waals surface area (Å²) < 4.78 is 0. The van der Waals surface area contributed by atoms with Crippen LogP contribution in [0.4, 0.5) is 5.69 Å². The van der Waals surface area contributed by atoms with Crippen molar-refractivity contribution in [3.05, 3.63) is 23.5 Å². The first-order valence-corrected chi connectivity index (χ1v) is 8.38. The van der Waals surface area contributed by atoms with Gasteiger partial charge in [-0.05, 0) is 38.9 Å². The van der Waals surface area contributed by atoms with Gasteiger partial charge < -0.3 is 10.2 Å². The van der Waals surface area contributed by atoms with E-state index in [9.17, 15) is 0 Å². The van der Waals surface area contributed by atoms with Crippen molar-refractivity contribution in [3.63, 3.8) is 0 Å². The molecule has 0 unspecified atom stereocenters. The standard InChI is InChI=1S/C17H30N4/c1-4-6-18-13-16-14-19-15(3)12-17(16)21-10-8-20(7-5-2)9-11-21/h12,14,18H,4-11,13H2,1-3H3. The quantitative estimate of drug-likeness (QED) is 0.782. The van der Waals surface area contributed by atoms with E-state index < -0.39 is 0 Å². The molecule has 1 saturated heterocycles. The highest BCUT2D eigenvalue weighted by Gasteiger charge is 2.18. The monoisotopic (exact) mass is 290 g/mol. The molecule has 0 aliphatic carbocycles. The largest absolute Gasteiger partial charge is 0.369 e. The smallest absolute Gasteiger partial charge is 0.0446 e. The van der Waals surface area contributed by atoms with Gasteiger partial charge in [-0.1, -0.05) is 13.8 Å². The van der Waals surface area contributed by atoms with Crippen LogP contribution in [0.3, 0.4) is 0 Å². The van der Waals surface area contributed by atoms with Crippen molar-refractivity contribution in [2.24, 2.45) is 0 Å². The van der Waals surface area contributed by atoms with Gasteiger partial charge >= 0.3 is 0 Å². The van der Waals surface area contributed by atoms with E-state index in [0.29, 0.717) is 0 Å². The van der Waals surface area contributed by atoms with Crippen molar-refractivity contribution < 1.29 is 0 Å². The lowest BCUT2D eigenvalue weighted by Gasteiger charge is -2.37. The lowest BCUT2D eigenvalue weighted by Crippen LogP contribution is -2.47. The van der Waals surface area contributed by atoms with Crippen LogP contribution in [0.1, 0.15) is 37.9 Å². The van der Waals surface area contributed by atoms with Crippen LogP contribution in [0, 0.1) is 6.92 Å². The maximum Gasteiger partial charge on any atom is 0.0446 e. The van der Waals surface area contributed by atoms with Gasteiger partial charge in [0.25, 0.3) is 0 Å². The van der Waals surface area contributed by atoms with Gasteiger partial charge in [0.1, 0.15) is 0 Å². The molecule has 0 saturated carbocycles. The fourth-order valence-electron chi connectivity index (χ4n) is 2.93. The van der Waals surface area contributed by atoms with Crippen molar-refractivity contribution in [1.29, 1.82) is 0 Å². The zero-order valence-corrected chi connectivity index (χ0v) is 13.9. The number of hydrogen-bond donors (Lipinski definition) is 1. The molecule has 1 aromatic rings. The van der Waals surface area contributed by atoms with E-state index in [4.69, 9.17) is 0 Å². The summed E-state index contributed by atoms with van der Waals surface area (Å²) >= 11 is 0. The molecule has 0 atom stereocenters. The van der Waals surface area contributed by atoms with Gasteiger partial charge in [0.05, 0.1) is 0 Å². The van der Waals surface area contributed by atoms with Crippen molar-refractivity contribution in [2.75, 3.05) is 44.2 Å². The molecule has 0 aromatic carbocycles. The molecular formula is C17H30N4. The highest BCUT2D eigenvalue weighted by molar-refractivity contribution is 5.54. The van der Waals surface area contributed by atoms with Crippen LogP contribution in [0.2, 0.25) is 0 Å². The summed E-state index contributed by atoms with van der Waals surface area (Å²) in [4.78, 5) is 9.58. The van der Waals surface area contributed by atoms with Gasteiger partial charge in [0.15, 0.2) is 0 Å². The van der Waals surface area contributed by atoms with Crippen molar-refractivity contribution in [1.82, 2.24) is 15.2 Å². The number of nitrogens with one attached hydrogen (secondary N) is 1. The molecule has 1 aliphatic heterocycles. The molecule has 4 nitrogen and oxygen atoms in total. The second-order valence-electron chi connectivity index (χ2n) is 5.96. The number of hydrogen-bond acceptors (Lipinski definition) is 4. The summed E-state index contributed by atoms with van der Waals surface area (Å²) in [5, 5.41) is 3.50. The van der Waals surface area contributed by atoms with E-state index in [2.05, 4.69) is 46.9 Å². The number of nitrogens with zero attached hydrogens (tertiary/aromatic N) is 3. The Kier molecular flexibility index (Phi) is 6.46. The first-order chi connectivity index (χ1) is 10.2. The lowest BCUT2D eigenvalue weighted by atomic mass is 10.1. The molecule has 1 aliphatic rings. The van der Waals surface area contributed by atoms with Crippen LogP contribution < -0.4 is 10.2 Å². The highest BCUT2D eigenvalue weighted by Crippen LogP contribution is 2.22. The average molecular weight is 290 g/mol. The SMILES string of the molecule is CCCNCc1cnc(C)cc1N1CCN(CCC)CC1.